The van der Waals surface area contributed by atoms with Crippen LogP contribution in [0.2, 0.25) is 0 Å². The van der Waals surface area contributed by atoms with Gasteiger partial charge in [0, 0.05) is 11.8 Å². The summed E-state index contributed by atoms with van der Waals surface area (Å²) in [5, 5.41) is 14.8. The Bertz CT molecular complexity index is 1230. The maximum atomic E-state index is 12.5. The number of methoxy groups -OCH3 is 2. The molecule has 0 unspecified atom stereocenters. The van der Waals surface area contributed by atoms with Gasteiger partial charge in [0.15, 0.2) is 6.61 Å². The van der Waals surface area contributed by atoms with Crippen molar-refractivity contribution in [2.45, 2.75) is 0 Å². The average Bonchev–Trinajstić information content (AvgIpc) is 2.87. The molecule has 3 aromatic rings. The Hall–Kier alpha value is -4.77. The van der Waals surface area contributed by atoms with Crippen LogP contribution in [0, 0.1) is 11.3 Å². The number of hydrogen-bond acceptors (Lipinski definition) is 6. The molecule has 34 heavy (non-hydrogen) atoms. The highest BCUT2D eigenvalue weighted by atomic mass is 16.5. The van der Waals surface area contributed by atoms with Crippen molar-refractivity contribution in [1.29, 1.82) is 5.26 Å². The van der Waals surface area contributed by atoms with Crippen LogP contribution in [0.4, 0.5) is 11.4 Å². The van der Waals surface area contributed by atoms with Gasteiger partial charge in [-0.2, -0.15) is 5.26 Å². The first kappa shape index (κ1) is 23.9. The minimum Gasteiger partial charge on any atom is -0.497 e. The summed E-state index contributed by atoms with van der Waals surface area (Å²) in [6.45, 7) is -0.195. The quantitative estimate of drug-likeness (QED) is 0.367. The summed E-state index contributed by atoms with van der Waals surface area (Å²) in [6.07, 6.45) is 1.47. The van der Waals surface area contributed by atoms with Crippen LogP contribution in [-0.4, -0.2) is 32.6 Å². The van der Waals surface area contributed by atoms with Crippen molar-refractivity contribution in [3.8, 4) is 23.3 Å². The first-order valence-corrected chi connectivity index (χ1v) is 10.3. The molecule has 8 heteroatoms. The molecule has 2 amide bonds. The van der Waals surface area contributed by atoms with Gasteiger partial charge in [0.05, 0.1) is 19.9 Å². The number of nitrogens with zero attached hydrogens (tertiary/aromatic N) is 1. The highest BCUT2D eigenvalue weighted by molar-refractivity contribution is 6.09. The van der Waals surface area contributed by atoms with Crippen molar-refractivity contribution in [1.82, 2.24) is 0 Å². The van der Waals surface area contributed by atoms with Crippen molar-refractivity contribution in [2.75, 3.05) is 31.5 Å². The zero-order valence-electron chi connectivity index (χ0n) is 18.7. The number of carbonyl (C=O) groups excluding carboxylic acids is 2. The summed E-state index contributed by atoms with van der Waals surface area (Å²) < 4.78 is 15.9. The maximum Gasteiger partial charge on any atom is 0.266 e. The number of rotatable bonds is 9. The van der Waals surface area contributed by atoms with E-state index in [4.69, 9.17) is 14.2 Å². The van der Waals surface area contributed by atoms with Gasteiger partial charge in [-0.3, -0.25) is 9.59 Å². The van der Waals surface area contributed by atoms with Crippen molar-refractivity contribution in [3.05, 3.63) is 83.9 Å². The molecule has 0 spiro atoms. The smallest absolute Gasteiger partial charge is 0.266 e. The highest BCUT2D eigenvalue weighted by Gasteiger charge is 2.11. The van der Waals surface area contributed by atoms with Crippen LogP contribution >= 0.6 is 0 Å². The topological polar surface area (TPSA) is 110 Å². The zero-order valence-corrected chi connectivity index (χ0v) is 18.7. The summed E-state index contributed by atoms with van der Waals surface area (Å²) >= 11 is 0. The predicted octanol–water partition coefficient (Wildman–Crippen LogP) is 4.27. The van der Waals surface area contributed by atoms with Crippen LogP contribution in [0.5, 0.6) is 17.2 Å². The summed E-state index contributed by atoms with van der Waals surface area (Å²) in [4.78, 5) is 24.6. The Balaban J connectivity index is 1.58. The van der Waals surface area contributed by atoms with E-state index < -0.39 is 5.91 Å². The number of amides is 2. The summed E-state index contributed by atoms with van der Waals surface area (Å²) in [5.41, 5.74) is 1.63. The molecule has 0 atom stereocenters. The fourth-order valence-corrected chi connectivity index (χ4v) is 2.96. The fraction of sp³-hybridized carbons (Fsp3) is 0.115. The Labute approximate surface area is 197 Å². The number of nitriles is 1. The molecule has 8 nitrogen and oxygen atoms in total. The first-order valence-electron chi connectivity index (χ1n) is 10.3. The van der Waals surface area contributed by atoms with Crippen molar-refractivity contribution in [2.24, 2.45) is 0 Å². The Morgan fingerprint density at radius 3 is 2.38 bits per heavy atom. The highest BCUT2D eigenvalue weighted by Crippen LogP contribution is 2.23. The molecule has 0 aliphatic rings. The molecule has 0 aromatic heterocycles. The Morgan fingerprint density at radius 2 is 1.68 bits per heavy atom. The van der Waals surface area contributed by atoms with Gasteiger partial charge in [-0.05, 0) is 48.0 Å². The van der Waals surface area contributed by atoms with Crippen molar-refractivity contribution in [3.63, 3.8) is 0 Å². The molecule has 0 fully saturated rings. The number of nitrogens with one attached hydrogen (secondary N) is 2. The van der Waals surface area contributed by atoms with E-state index in [9.17, 15) is 14.9 Å². The molecule has 2 N–H and O–H groups in total. The molecule has 0 aliphatic heterocycles. The SMILES string of the molecule is COc1cccc(NC(=O)/C(C#N)=C/c2ccc(OCC(=O)Nc3ccccc3OC)cc2)c1. The number of carbonyl (C=O) groups is 2. The third-order valence-corrected chi connectivity index (χ3v) is 4.63. The molecule has 0 bridgehead atoms. The van der Waals surface area contributed by atoms with Gasteiger partial charge in [0.25, 0.3) is 11.8 Å². The van der Waals surface area contributed by atoms with Crippen LogP contribution in [0.25, 0.3) is 6.08 Å². The Kier molecular flexibility index (Phi) is 8.25. The van der Waals surface area contributed by atoms with Gasteiger partial charge in [-0.25, -0.2) is 0 Å². The standard InChI is InChI=1S/C26H23N3O5/c1-32-22-7-5-6-20(15-22)28-26(31)19(16-27)14-18-10-12-21(13-11-18)34-17-25(30)29-23-8-3-4-9-24(23)33-2/h3-15H,17H2,1-2H3,(H,28,31)(H,29,30)/b19-14+. The van der Waals surface area contributed by atoms with E-state index >= 15 is 0 Å². The molecule has 0 radical (unpaired) electrons. The molecule has 3 aromatic carbocycles. The van der Waals surface area contributed by atoms with Crippen LogP contribution in [0.15, 0.2) is 78.4 Å². The normalized spacial score (nSPS) is 10.6. The first-order chi connectivity index (χ1) is 16.5. The minimum atomic E-state index is -0.538. The van der Waals surface area contributed by atoms with Gasteiger partial charge in [-0.1, -0.05) is 30.3 Å². The molecule has 0 saturated carbocycles. The monoisotopic (exact) mass is 457 g/mol. The van der Waals surface area contributed by atoms with E-state index in [1.54, 1.807) is 72.8 Å². The third kappa shape index (κ3) is 6.61. The van der Waals surface area contributed by atoms with Gasteiger partial charge in [0.1, 0.15) is 28.9 Å². The van der Waals surface area contributed by atoms with E-state index in [0.29, 0.717) is 34.2 Å². The van der Waals surface area contributed by atoms with Crippen LogP contribution in [-0.2, 0) is 9.59 Å². The second-order valence-electron chi connectivity index (χ2n) is 6.96. The molecular formula is C26H23N3O5. The lowest BCUT2D eigenvalue weighted by molar-refractivity contribution is -0.118. The van der Waals surface area contributed by atoms with Gasteiger partial charge in [-0.15, -0.1) is 0 Å². The number of hydrogen-bond donors (Lipinski definition) is 2. The van der Waals surface area contributed by atoms with Crippen LogP contribution in [0.3, 0.4) is 0 Å². The van der Waals surface area contributed by atoms with Gasteiger partial charge in [0.2, 0.25) is 0 Å². The lowest BCUT2D eigenvalue weighted by Crippen LogP contribution is -2.20. The lowest BCUT2D eigenvalue weighted by Gasteiger charge is -2.10. The Morgan fingerprint density at radius 1 is 0.912 bits per heavy atom. The molecule has 3 rings (SSSR count). The largest absolute Gasteiger partial charge is 0.497 e. The molecule has 0 aliphatic carbocycles. The van der Waals surface area contributed by atoms with E-state index in [-0.39, 0.29) is 18.1 Å². The van der Waals surface area contributed by atoms with Crippen molar-refractivity contribution < 1.29 is 23.8 Å². The van der Waals surface area contributed by atoms with Crippen LogP contribution in [0.1, 0.15) is 5.56 Å². The lowest BCUT2D eigenvalue weighted by atomic mass is 10.1. The summed E-state index contributed by atoms with van der Waals surface area (Å²) in [7, 11) is 3.06. The minimum absolute atomic E-state index is 0.0623. The second-order valence-corrected chi connectivity index (χ2v) is 6.96. The van der Waals surface area contributed by atoms with Crippen LogP contribution < -0.4 is 24.8 Å². The number of anilines is 2. The van der Waals surface area contributed by atoms with Crippen molar-refractivity contribution >= 4 is 29.3 Å². The summed E-state index contributed by atoms with van der Waals surface area (Å²) in [6, 6.07) is 22.5. The average molecular weight is 457 g/mol. The van der Waals surface area contributed by atoms with E-state index in [1.165, 1.54) is 20.3 Å². The number of ether oxygens (including phenoxy) is 3. The van der Waals surface area contributed by atoms with E-state index in [0.717, 1.165) is 0 Å². The third-order valence-electron chi connectivity index (χ3n) is 4.63. The predicted molar refractivity (Wildman–Crippen MR) is 129 cm³/mol. The molecule has 172 valence electrons. The fourth-order valence-electron chi connectivity index (χ4n) is 2.96. The molecular weight excluding hydrogens is 434 g/mol. The number of benzene rings is 3. The number of para-hydroxylation sites is 2. The second kappa shape index (κ2) is 11.7. The van der Waals surface area contributed by atoms with E-state index in [1.807, 2.05) is 6.07 Å². The molecule has 0 saturated heterocycles. The van der Waals surface area contributed by atoms with Gasteiger partial charge >= 0.3 is 0 Å². The molecule has 0 heterocycles. The van der Waals surface area contributed by atoms with E-state index in [2.05, 4.69) is 10.6 Å². The zero-order chi connectivity index (χ0) is 24.3. The summed E-state index contributed by atoms with van der Waals surface area (Å²) in [5.74, 6) is 0.730. The maximum absolute atomic E-state index is 12.5. The van der Waals surface area contributed by atoms with Gasteiger partial charge < -0.3 is 24.8 Å².